The van der Waals surface area contributed by atoms with Crippen LogP contribution in [0.3, 0.4) is 0 Å². The summed E-state index contributed by atoms with van der Waals surface area (Å²) in [5.41, 5.74) is 0.881. The third-order valence-corrected chi connectivity index (χ3v) is 4.01. The van der Waals surface area contributed by atoms with Crippen LogP contribution in [0.5, 0.6) is 0 Å². The number of carbonyl (C=O) groups is 2. The van der Waals surface area contributed by atoms with Crippen molar-refractivity contribution in [1.82, 2.24) is 4.90 Å². The SMILES string of the molecule is CN(C(=O)OCc1ccccc1)[C@H](C(=O)O)C1CCCC1.[LiH]. The second-order valence-corrected chi connectivity index (χ2v) is 5.48. The molecule has 5 nitrogen and oxygen atoms in total. The van der Waals surface area contributed by atoms with Crippen LogP contribution in [0.2, 0.25) is 0 Å². The van der Waals surface area contributed by atoms with E-state index in [0.717, 1.165) is 31.2 Å². The first-order valence-electron chi connectivity index (χ1n) is 7.26. The summed E-state index contributed by atoms with van der Waals surface area (Å²) in [7, 11) is 1.50. The predicted molar refractivity (Wildman–Crippen MR) is 84.9 cm³/mol. The Morgan fingerprint density at radius 3 is 2.41 bits per heavy atom. The molecule has 6 heteroatoms. The first-order valence-corrected chi connectivity index (χ1v) is 7.26. The third kappa shape index (κ3) is 4.79. The van der Waals surface area contributed by atoms with E-state index in [1.807, 2.05) is 30.3 Å². The Bertz CT molecular complexity index is 488. The van der Waals surface area contributed by atoms with Crippen LogP contribution in [0.15, 0.2) is 30.3 Å². The molecule has 0 heterocycles. The summed E-state index contributed by atoms with van der Waals surface area (Å²) in [5.74, 6) is -0.933. The van der Waals surface area contributed by atoms with E-state index < -0.39 is 18.1 Å². The van der Waals surface area contributed by atoms with Gasteiger partial charge in [-0.3, -0.25) is 4.90 Å². The summed E-state index contributed by atoms with van der Waals surface area (Å²) < 4.78 is 5.20. The zero-order valence-electron chi connectivity index (χ0n) is 12.2. The van der Waals surface area contributed by atoms with E-state index >= 15 is 0 Å². The molecule has 0 aliphatic heterocycles. The van der Waals surface area contributed by atoms with Gasteiger partial charge in [-0.2, -0.15) is 0 Å². The van der Waals surface area contributed by atoms with Crippen molar-refractivity contribution in [2.24, 2.45) is 5.92 Å². The zero-order valence-corrected chi connectivity index (χ0v) is 12.2. The van der Waals surface area contributed by atoms with Crippen molar-refractivity contribution < 1.29 is 19.4 Å². The van der Waals surface area contributed by atoms with E-state index in [4.69, 9.17) is 4.74 Å². The summed E-state index contributed by atoms with van der Waals surface area (Å²) in [6.07, 6.45) is 3.18. The molecular formula is C16H22LiNO4. The molecule has 2 rings (SSSR count). The molecule has 1 saturated carbocycles. The Hall–Kier alpha value is -1.44. The number of carbonyl (C=O) groups excluding carboxylic acids is 1. The van der Waals surface area contributed by atoms with Gasteiger partial charge in [0.2, 0.25) is 0 Å². The maximum absolute atomic E-state index is 12.1. The van der Waals surface area contributed by atoms with Gasteiger partial charge in [-0.25, -0.2) is 9.59 Å². The summed E-state index contributed by atoms with van der Waals surface area (Å²) in [6.45, 7) is 0.154. The Morgan fingerprint density at radius 2 is 1.86 bits per heavy atom. The zero-order chi connectivity index (χ0) is 15.2. The van der Waals surface area contributed by atoms with E-state index in [-0.39, 0.29) is 31.4 Å². The van der Waals surface area contributed by atoms with Gasteiger partial charge in [0.05, 0.1) is 0 Å². The van der Waals surface area contributed by atoms with Crippen molar-refractivity contribution >= 4 is 30.9 Å². The van der Waals surface area contributed by atoms with Gasteiger partial charge in [0.15, 0.2) is 0 Å². The molecule has 1 aromatic carbocycles. The number of aliphatic carboxylic acids is 1. The number of rotatable bonds is 5. The molecule has 0 unspecified atom stereocenters. The fourth-order valence-electron chi connectivity index (χ4n) is 2.89. The first-order chi connectivity index (χ1) is 10.1. The number of benzene rings is 1. The number of ether oxygens (including phenoxy) is 1. The number of carboxylic acids is 1. The number of amides is 1. The van der Waals surface area contributed by atoms with Crippen LogP contribution in [0, 0.1) is 5.92 Å². The van der Waals surface area contributed by atoms with Crippen molar-refractivity contribution in [3.8, 4) is 0 Å². The molecule has 0 bridgehead atoms. The standard InChI is InChI=1S/C16H21NO4.Li.H/c1-17(14(15(18)19)13-9-5-6-10-13)16(20)21-11-12-7-3-2-4-8-12;;/h2-4,7-8,13-14H,5-6,9-11H2,1H3,(H,18,19);;/t14-;;/m0../s1. The average molecular weight is 299 g/mol. The first kappa shape index (κ1) is 18.6. The van der Waals surface area contributed by atoms with Crippen molar-refractivity contribution in [3.63, 3.8) is 0 Å². The average Bonchev–Trinajstić information content (AvgIpc) is 2.99. The Labute approximate surface area is 142 Å². The second kappa shape index (κ2) is 8.87. The predicted octanol–water partition coefficient (Wildman–Crippen LogP) is 2.25. The monoisotopic (exact) mass is 299 g/mol. The molecule has 0 saturated heterocycles. The molecule has 0 radical (unpaired) electrons. The molecule has 1 aliphatic rings. The summed E-state index contributed by atoms with van der Waals surface area (Å²) in [5, 5.41) is 9.39. The van der Waals surface area contributed by atoms with Crippen molar-refractivity contribution in [3.05, 3.63) is 35.9 Å². The quantitative estimate of drug-likeness (QED) is 0.847. The second-order valence-electron chi connectivity index (χ2n) is 5.48. The number of hydrogen-bond acceptors (Lipinski definition) is 3. The Kier molecular flexibility index (Phi) is 7.50. The molecule has 1 amide bonds. The molecule has 0 aromatic heterocycles. The third-order valence-electron chi connectivity index (χ3n) is 4.01. The molecule has 1 atom stereocenters. The van der Waals surface area contributed by atoms with Crippen LogP contribution in [0.4, 0.5) is 4.79 Å². The van der Waals surface area contributed by atoms with Crippen LogP contribution in [0.25, 0.3) is 0 Å². The molecular weight excluding hydrogens is 277 g/mol. The summed E-state index contributed by atoms with van der Waals surface area (Å²) >= 11 is 0. The van der Waals surface area contributed by atoms with Gasteiger partial charge >= 0.3 is 30.9 Å². The minimum absolute atomic E-state index is 0. The molecule has 22 heavy (non-hydrogen) atoms. The number of hydrogen-bond donors (Lipinski definition) is 1. The van der Waals surface area contributed by atoms with Crippen molar-refractivity contribution in [2.75, 3.05) is 7.05 Å². The van der Waals surface area contributed by atoms with Gasteiger partial charge in [0.1, 0.15) is 12.6 Å². The van der Waals surface area contributed by atoms with E-state index in [2.05, 4.69) is 0 Å². The van der Waals surface area contributed by atoms with E-state index in [1.165, 1.54) is 11.9 Å². The van der Waals surface area contributed by atoms with E-state index in [9.17, 15) is 14.7 Å². The molecule has 116 valence electrons. The van der Waals surface area contributed by atoms with Gasteiger partial charge in [-0.05, 0) is 24.3 Å². The number of nitrogens with zero attached hydrogens (tertiary/aromatic N) is 1. The Balaban J connectivity index is 0.00000242. The van der Waals surface area contributed by atoms with Crippen LogP contribution in [0.1, 0.15) is 31.2 Å². The maximum atomic E-state index is 12.1. The molecule has 1 aromatic rings. The number of carboxylic acid groups (broad SMARTS) is 1. The van der Waals surface area contributed by atoms with Crippen LogP contribution >= 0.6 is 0 Å². The Morgan fingerprint density at radius 1 is 1.27 bits per heavy atom. The van der Waals surface area contributed by atoms with E-state index in [1.54, 1.807) is 0 Å². The molecule has 1 fully saturated rings. The normalized spacial score (nSPS) is 15.7. The topological polar surface area (TPSA) is 66.8 Å². The van der Waals surface area contributed by atoms with Gasteiger partial charge in [-0.15, -0.1) is 0 Å². The van der Waals surface area contributed by atoms with Crippen molar-refractivity contribution in [2.45, 2.75) is 38.3 Å². The summed E-state index contributed by atoms with van der Waals surface area (Å²) in [6, 6.07) is 8.54. The van der Waals surface area contributed by atoms with E-state index in [0.29, 0.717) is 0 Å². The van der Waals surface area contributed by atoms with Gasteiger partial charge in [-0.1, -0.05) is 43.2 Å². The van der Waals surface area contributed by atoms with Gasteiger partial charge in [0, 0.05) is 7.05 Å². The minimum atomic E-state index is -0.957. The van der Waals surface area contributed by atoms with Gasteiger partial charge < -0.3 is 9.84 Å². The molecule has 0 spiro atoms. The van der Waals surface area contributed by atoms with Crippen LogP contribution in [-0.4, -0.2) is 54.0 Å². The van der Waals surface area contributed by atoms with Gasteiger partial charge in [0.25, 0.3) is 0 Å². The molecule has 1 N–H and O–H groups in total. The fourth-order valence-corrected chi connectivity index (χ4v) is 2.89. The van der Waals surface area contributed by atoms with Crippen molar-refractivity contribution in [1.29, 1.82) is 0 Å². The number of likely N-dealkylation sites (N-methyl/N-ethyl adjacent to an activating group) is 1. The molecule has 1 aliphatic carbocycles. The van der Waals surface area contributed by atoms with Crippen LogP contribution in [-0.2, 0) is 16.1 Å². The fraction of sp³-hybridized carbons (Fsp3) is 0.500. The van der Waals surface area contributed by atoms with Crippen LogP contribution < -0.4 is 0 Å². The summed E-state index contributed by atoms with van der Waals surface area (Å²) in [4.78, 5) is 24.7.